The van der Waals surface area contributed by atoms with E-state index in [0.29, 0.717) is 26.8 Å². The molecule has 4 rings (SSSR count). The van der Waals surface area contributed by atoms with Gasteiger partial charge in [0, 0.05) is 21.9 Å². The van der Waals surface area contributed by atoms with E-state index in [0.717, 1.165) is 16.4 Å². The van der Waals surface area contributed by atoms with E-state index in [2.05, 4.69) is 0 Å². The molecule has 0 aliphatic rings. The fourth-order valence-corrected chi connectivity index (χ4v) is 3.41. The minimum absolute atomic E-state index is 0.147. The van der Waals surface area contributed by atoms with E-state index >= 15 is 0 Å². The van der Waals surface area contributed by atoms with Crippen molar-refractivity contribution in [2.75, 3.05) is 0 Å². The summed E-state index contributed by atoms with van der Waals surface area (Å²) in [6.07, 6.45) is 0. The van der Waals surface area contributed by atoms with Gasteiger partial charge in [0.1, 0.15) is 16.9 Å². The van der Waals surface area contributed by atoms with Crippen molar-refractivity contribution in [1.82, 2.24) is 0 Å². The predicted molar refractivity (Wildman–Crippen MR) is 90.8 cm³/mol. The molecule has 0 amide bonds. The molecule has 3 aromatic carbocycles. The first-order valence-corrected chi connectivity index (χ1v) is 7.50. The summed E-state index contributed by atoms with van der Waals surface area (Å²) in [6.45, 7) is 0. The second kappa shape index (κ2) is 4.94. The van der Waals surface area contributed by atoms with E-state index in [-0.39, 0.29) is 5.75 Å². The number of benzene rings is 3. The van der Waals surface area contributed by atoms with E-state index in [4.69, 9.17) is 27.6 Å². The molecule has 0 saturated heterocycles. The van der Waals surface area contributed by atoms with Gasteiger partial charge in [-0.25, -0.2) is 0 Å². The number of fused-ring (bicyclic) bond motifs is 3. The van der Waals surface area contributed by atoms with Crippen LogP contribution >= 0.6 is 23.2 Å². The molecular formula is C18H10Cl2O2. The van der Waals surface area contributed by atoms with Gasteiger partial charge >= 0.3 is 0 Å². The van der Waals surface area contributed by atoms with Crippen LogP contribution in [0.25, 0.3) is 33.1 Å². The zero-order valence-corrected chi connectivity index (χ0v) is 12.8. The van der Waals surface area contributed by atoms with E-state index in [1.807, 2.05) is 30.3 Å². The number of phenolic OH excluding ortho intramolecular Hbond substituents is 1. The van der Waals surface area contributed by atoms with E-state index in [1.54, 1.807) is 24.3 Å². The van der Waals surface area contributed by atoms with Crippen LogP contribution in [0.1, 0.15) is 0 Å². The van der Waals surface area contributed by atoms with Crippen molar-refractivity contribution in [2.24, 2.45) is 0 Å². The van der Waals surface area contributed by atoms with Crippen LogP contribution in [-0.2, 0) is 0 Å². The third-order valence-corrected chi connectivity index (χ3v) is 4.32. The Hall–Kier alpha value is -2.16. The maximum Gasteiger partial charge on any atom is 0.146 e. The summed E-state index contributed by atoms with van der Waals surface area (Å²) in [4.78, 5) is 0. The molecule has 4 aromatic rings. The van der Waals surface area contributed by atoms with Crippen molar-refractivity contribution >= 4 is 45.1 Å². The van der Waals surface area contributed by atoms with Crippen molar-refractivity contribution in [3.8, 4) is 16.9 Å². The minimum Gasteiger partial charge on any atom is -0.507 e. The first-order chi connectivity index (χ1) is 10.7. The van der Waals surface area contributed by atoms with Gasteiger partial charge in [-0.1, -0.05) is 59.6 Å². The molecule has 1 N–H and O–H groups in total. The van der Waals surface area contributed by atoms with Crippen LogP contribution in [0.15, 0.2) is 59.0 Å². The standard InChI is InChI=1S/C18H10Cl2O2/c19-12-9-13(20)17-11-6-2-4-8-15(11)22-18(17)16(12)10-5-1-3-7-14(10)21/h1-9,21H. The first-order valence-electron chi connectivity index (χ1n) is 6.74. The topological polar surface area (TPSA) is 33.4 Å². The fraction of sp³-hybridized carbons (Fsp3) is 0. The average Bonchev–Trinajstić information content (AvgIpc) is 2.88. The maximum absolute atomic E-state index is 10.2. The van der Waals surface area contributed by atoms with Gasteiger partial charge in [-0.05, 0) is 18.2 Å². The fourth-order valence-electron chi connectivity index (χ4n) is 2.76. The Morgan fingerprint density at radius 1 is 0.864 bits per heavy atom. The molecule has 0 radical (unpaired) electrons. The molecule has 0 atom stereocenters. The minimum atomic E-state index is 0.147. The highest BCUT2D eigenvalue weighted by molar-refractivity contribution is 6.42. The van der Waals surface area contributed by atoms with Gasteiger partial charge in [0.2, 0.25) is 0 Å². The van der Waals surface area contributed by atoms with Crippen molar-refractivity contribution < 1.29 is 9.52 Å². The number of halogens is 2. The van der Waals surface area contributed by atoms with Gasteiger partial charge in [-0.15, -0.1) is 0 Å². The van der Waals surface area contributed by atoms with Gasteiger partial charge in [-0.3, -0.25) is 0 Å². The molecule has 0 spiro atoms. The molecule has 0 saturated carbocycles. The Morgan fingerprint density at radius 2 is 1.59 bits per heavy atom. The SMILES string of the molecule is Oc1ccccc1-c1c(Cl)cc(Cl)c2c1oc1ccccc12. The molecular weight excluding hydrogens is 319 g/mol. The lowest BCUT2D eigenvalue weighted by molar-refractivity contribution is 0.477. The number of para-hydroxylation sites is 2. The molecule has 108 valence electrons. The smallest absolute Gasteiger partial charge is 0.146 e. The second-order valence-electron chi connectivity index (χ2n) is 5.03. The summed E-state index contributed by atoms with van der Waals surface area (Å²) >= 11 is 12.8. The van der Waals surface area contributed by atoms with E-state index in [1.165, 1.54) is 0 Å². The normalized spacial score (nSPS) is 11.4. The van der Waals surface area contributed by atoms with Crippen LogP contribution in [0.3, 0.4) is 0 Å². The Kier molecular flexibility index (Phi) is 3.03. The molecule has 0 unspecified atom stereocenters. The first kappa shape index (κ1) is 13.5. The summed E-state index contributed by atoms with van der Waals surface area (Å²) in [7, 11) is 0. The molecule has 22 heavy (non-hydrogen) atoms. The Balaban J connectivity index is 2.22. The van der Waals surface area contributed by atoms with E-state index < -0.39 is 0 Å². The van der Waals surface area contributed by atoms with Gasteiger partial charge in [-0.2, -0.15) is 0 Å². The zero-order valence-electron chi connectivity index (χ0n) is 11.3. The van der Waals surface area contributed by atoms with Crippen LogP contribution < -0.4 is 0 Å². The number of aromatic hydroxyl groups is 1. The highest BCUT2D eigenvalue weighted by Gasteiger charge is 2.20. The van der Waals surface area contributed by atoms with Gasteiger partial charge in [0.05, 0.1) is 10.0 Å². The second-order valence-corrected chi connectivity index (χ2v) is 5.85. The summed E-state index contributed by atoms with van der Waals surface area (Å²) in [5, 5.41) is 12.9. The number of furan rings is 1. The van der Waals surface area contributed by atoms with E-state index in [9.17, 15) is 5.11 Å². The van der Waals surface area contributed by atoms with Crippen molar-refractivity contribution in [3.05, 3.63) is 64.6 Å². The maximum atomic E-state index is 10.2. The van der Waals surface area contributed by atoms with Gasteiger partial charge in [0.15, 0.2) is 0 Å². The number of phenols is 1. The lowest BCUT2D eigenvalue weighted by Crippen LogP contribution is -1.83. The molecule has 0 aliphatic carbocycles. The monoisotopic (exact) mass is 328 g/mol. The number of hydrogen-bond acceptors (Lipinski definition) is 2. The van der Waals surface area contributed by atoms with Gasteiger partial charge in [0.25, 0.3) is 0 Å². The summed E-state index contributed by atoms with van der Waals surface area (Å²) in [5.74, 6) is 0.147. The molecule has 0 fully saturated rings. The molecule has 1 heterocycles. The number of rotatable bonds is 1. The van der Waals surface area contributed by atoms with Crippen molar-refractivity contribution in [1.29, 1.82) is 0 Å². The zero-order chi connectivity index (χ0) is 15.3. The van der Waals surface area contributed by atoms with Crippen LogP contribution in [0.4, 0.5) is 0 Å². The van der Waals surface area contributed by atoms with Crippen LogP contribution in [0.2, 0.25) is 10.0 Å². The third kappa shape index (κ3) is 1.88. The molecule has 4 heteroatoms. The lowest BCUT2D eigenvalue weighted by atomic mass is 10.0. The summed E-state index contributed by atoms with van der Waals surface area (Å²) in [6, 6.07) is 16.4. The highest BCUT2D eigenvalue weighted by atomic mass is 35.5. The van der Waals surface area contributed by atoms with Crippen LogP contribution in [0, 0.1) is 0 Å². The number of hydrogen-bond donors (Lipinski definition) is 1. The lowest BCUT2D eigenvalue weighted by Gasteiger charge is -2.08. The Bertz CT molecular complexity index is 1020. The molecule has 0 bridgehead atoms. The quantitative estimate of drug-likeness (QED) is 0.447. The Morgan fingerprint density at radius 3 is 2.41 bits per heavy atom. The predicted octanol–water partition coefficient (Wildman–Crippen LogP) is 6.27. The third-order valence-electron chi connectivity index (χ3n) is 3.73. The average molecular weight is 329 g/mol. The van der Waals surface area contributed by atoms with Crippen LogP contribution in [-0.4, -0.2) is 5.11 Å². The summed E-state index contributed by atoms with van der Waals surface area (Å²) < 4.78 is 5.97. The molecule has 2 nitrogen and oxygen atoms in total. The Labute approximate surface area is 136 Å². The summed E-state index contributed by atoms with van der Waals surface area (Å²) in [5.41, 5.74) is 2.59. The molecule has 1 aromatic heterocycles. The van der Waals surface area contributed by atoms with Crippen molar-refractivity contribution in [3.63, 3.8) is 0 Å². The van der Waals surface area contributed by atoms with Crippen molar-refractivity contribution in [2.45, 2.75) is 0 Å². The molecule has 0 aliphatic heterocycles. The largest absolute Gasteiger partial charge is 0.507 e. The van der Waals surface area contributed by atoms with Crippen LogP contribution in [0.5, 0.6) is 5.75 Å². The highest BCUT2D eigenvalue weighted by Crippen LogP contribution is 2.45. The van der Waals surface area contributed by atoms with Gasteiger partial charge < -0.3 is 9.52 Å².